The molecule has 0 spiro atoms. The average Bonchev–Trinajstić information content (AvgIpc) is 3.08. The van der Waals surface area contributed by atoms with Gasteiger partial charge in [-0.2, -0.15) is 5.10 Å². The van der Waals surface area contributed by atoms with Crippen LogP contribution in [0.4, 0.5) is 14.6 Å². The standard InChI is InChI=1S/C20H23F2N5O/c1-12(2)10-20(22)11-27(9-7-15(20)28)16-6-5-14(21)18(24-16)17-13-4-3-8-23-19(13)26-25-17/h3-6,8,12,15,28H,7,9-11H2,1-2H3,(H,23,25,26)/t15?,20-/m0/s1. The van der Waals surface area contributed by atoms with E-state index in [2.05, 4.69) is 20.2 Å². The molecule has 3 aromatic heterocycles. The van der Waals surface area contributed by atoms with E-state index in [-0.39, 0.29) is 24.6 Å². The molecule has 3 aromatic rings. The number of halogens is 2. The second-order valence-electron chi connectivity index (χ2n) is 7.83. The zero-order chi connectivity index (χ0) is 19.9. The molecule has 1 saturated heterocycles. The Morgan fingerprint density at radius 2 is 2.18 bits per heavy atom. The van der Waals surface area contributed by atoms with Gasteiger partial charge in [0, 0.05) is 18.1 Å². The predicted octanol–water partition coefficient (Wildman–Crippen LogP) is 3.48. The maximum absolute atomic E-state index is 15.4. The van der Waals surface area contributed by atoms with Crippen molar-refractivity contribution in [1.29, 1.82) is 0 Å². The number of nitrogens with zero attached hydrogens (tertiary/aromatic N) is 4. The fraction of sp³-hybridized carbons (Fsp3) is 0.450. The Kier molecular flexibility index (Phi) is 4.74. The fourth-order valence-corrected chi connectivity index (χ4v) is 3.93. The number of alkyl halides is 1. The molecule has 148 valence electrons. The third-order valence-electron chi connectivity index (χ3n) is 5.19. The minimum absolute atomic E-state index is 0.0235. The van der Waals surface area contributed by atoms with Crippen molar-refractivity contribution >= 4 is 16.9 Å². The molecule has 0 bridgehead atoms. The number of hydrogen-bond acceptors (Lipinski definition) is 5. The lowest BCUT2D eigenvalue weighted by molar-refractivity contribution is -0.0340. The van der Waals surface area contributed by atoms with Crippen LogP contribution in [-0.2, 0) is 0 Å². The first-order chi connectivity index (χ1) is 13.4. The Hall–Kier alpha value is -2.61. The van der Waals surface area contributed by atoms with Gasteiger partial charge in [-0.05, 0) is 43.0 Å². The van der Waals surface area contributed by atoms with E-state index in [1.807, 2.05) is 13.8 Å². The SMILES string of the molecule is CC(C)C[C@]1(F)CN(c2ccc(F)c(-c3[nH]nc4ncccc34)n2)CCC1O. The highest BCUT2D eigenvalue weighted by molar-refractivity contribution is 5.89. The molecular weight excluding hydrogens is 364 g/mol. The fourth-order valence-electron chi connectivity index (χ4n) is 3.93. The summed E-state index contributed by atoms with van der Waals surface area (Å²) >= 11 is 0. The summed E-state index contributed by atoms with van der Waals surface area (Å²) in [5.41, 5.74) is -0.682. The van der Waals surface area contributed by atoms with Crippen LogP contribution in [0.3, 0.4) is 0 Å². The van der Waals surface area contributed by atoms with Gasteiger partial charge in [-0.25, -0.2) is 18.7 Å². The van der Waals surface area contributed by atoms with Crippen LogP contribution >= 0.6 is 0 Å². The number of H-pyrrole nitrogens is 1. The lowest BCUT2D eigenvalue weighted by Gasteiger charge is -2.42. The van der Waals surface area contributed by atoms with Crippen molar-refractivity contribution in [2.75, 3.05) is 18.0 Å². The topological polar surface area (TPSA) is 77.9 Å². The number of nitrogens with one attached hydrogen (secondary N) is 1. The van der Waals surface area contributed by atoms with Crippen molar-refractivity contribution in [2.45, 2.75) is 38.5 Å². The lowest BCUT2D eigenvalue weighted by Crippen LogP contribution is -2.55. The first-order valence-corrected chi connectivity index (χ1v) is 9.45. The lowest BCUT2D eigenvalue weighted by atomic mass is 9.84. The summed E-state index contributed by atoms with van der Waals surface area (Å²) in [7, 11) is 0. The second kappa shape index (κ2) is 7.09. The first-order valence-electron chi connectivity index (χ1n) is 9.45. The Labute approximate surface area is 161 Å². The van der Waals surface area contributed by atoms with Gasteiger partial charge < -0.3 is 10.0 Å². The quantitative estimate of drug-likeness (QED) is 0.717. The van der Waals surface area contributed by atoms with Crippen molar-refractivity contribution in [3.63, 3.8) is 0 Å². The van der Waals surface area contributed by atoms with E-state index < -0.39 is 17.6 Å². The Morgan fingerprint density at radius 3 is 2.96 bits per heavy atom. The van der Waals surface area contributed by atoms with E-state index in [1.54, 1.807) is 29.3 Å². The van der Waals surface area contributed by atoms with Gasteiger partial charge in [-0.1, -0.05) is 13.8 Å². The van der Waals surface area contributed by atoms with Crippen molar-refractivity contribution in [2.24, 2.45) is 5.92 Å². The number of rotatable bonds is 4. The zero-order valence-electron chi connectivity index (χ0n) is 15.9. The summed E-state index contributed by atoms with van der Waals surface area (Å²) < 4.78 is 29.9. The number of pyridine rings is 2. The highest BCUT2D eigenvalue weighted by Crippen LogP contribution is 2.35. The van der Waals surface area contributed by atoms with Crippen LogP contribution in [0.1, 0.15) is 26.7 Å². The maximum atomic E-state index is 15.4. The van der Waals surface area contributed by atoms with Gasteiger partial charge in [-0.15, -0.1) is 0 Å². The predicted molar refractivity (Wildman–Crippen MR) is 103 cm³/mol. The minimum atomic E-state index is -1.72. The first kappa shape index (κ1) is 18.7. The van der Waals surface area contributed by atoms with Crippen LogP contribution in [0.15, 0.2) is 30.5 Å². The molecule has 28 heavy (non-hydrogen) atoms. The number of anilines is 1. The molecule has 0 aliphatic carbocycles. The van der Waals surface area contributed by atoms with Gasteiger partial charge in [-0.3, -0.25) is 5.10 Å². The summed E-state index contributed by atoms with van der Waals surface area (Å²) in [5, 5.41) is 17.8. The van der Waals surface area contributed by atoms with Crippen LogP contribution in [0.2, 0.25) is 0 Å². The Balaban J connectivity index is 1.69. The van der Waals surface area contributed by atoms with E-state index in [0.717, 1.165) is 0 Å². The monoisotopic (exact) mass is 387 g/mol. The smallest absolute Gasteiger partial charge is 0.181 e. The van der Waals surface area contributed by atoms with Gasteiger partial charge in [0.2, 0.25) is 0 Å². The number of piperidine rings is 1. The van der Waals surface area contributed by atoms with Gasteiger partial charge in [0.25, 0.3) is 0 Å². The maximum Gasteiger partial charge on any atom is 0.181 e. The van der Waals surface area contributed by atoms with Crippen LogP contribution in [0, 0.1) is 11.7 Å². The van der Waals surface area contributed by atoms with Crippen molar-refractivity contribution in [3.8, 4) is 11.4 Å². The summed E-state index contributed by atoms with van der Waals surface area (Å²) in [6, 6.07) is 6.41. The number of aliphatic hydroxyl groups excluding tert-OH is 1. The third kappa shape index (κ3) is 3.32. The molecule has 4 heterocycles. The molecule has 2 atom stereocenters. The summed E-state index contributed by atoms with van der Waals surface area (Å²) in [6.07, 6.45) is 1.17. The highest BCUT2D eigenvalue weighted by atomic mass is 19.1. The molecule has 1 aliphatic rings. The van der Waals surface area contributed by atoms with Gasteiger partial charge >= 0.3 is 0 Å². The van der Waals surface area contributed by atoms with Gasteiger partial charge in [0.05, 0.1) is 18.3 Å². The molecule has 0 radical (unpaired) electrons. The average molecular weight is 387 g/mol. The van der Waals surface area contributed by atoms with Crippen LogP contribution in [0.25, 0.3) is 22.4 Å². The number of hydrogen-bond donors (Lipinski definition) is 2. The summed E-state index contributed by atoms with van der Waals surface area (Å²) in [6.45, 7) is 4.33. The highest BCUT2D eigenvalue weighted by Gasteiger charge is 2.44. The second-order valence-corrected chi connectivity index (χ2v) is 7.83. The van der Waals surface area contributed by atoms with Crippen molar-refractivity contribution in [1.82, 2.24) is 20.2 Å². The Morgan fingerprint density at radius 1 is 1.36 bits per heavy atom. The molecule has 0 saturated carbocycles. The molecule has 4 rings (SSSR count). The van der Waals surface area contributed by atoms with E-state index in [0.29, 0.717) is 35.5 Å². The summed E-state index contributed by atoms with van der Waals surface area (Å²) in [5.74, 6) is 0.0878. The van der Waals surface area contributed by atoms with Crippen LogP contribution < -0.4 is 4.90 Å². The molecule has 0 amide bonds. The normalized spacial score (nSPS) is 22.9. The molecule has 1 aliphatic heterocycles. The molecule has 0 aromatic carbocycles. The number of aromatic amines is 1. The van der Waals surface area contributed by atoms with E-state index in [4.69, 9.17) is 0 Å². The van der Waals surface area contributed by atoms with E-state index in [9.17, 15) is 9.50 Å². The number of aliphatic hydroxyl groups is 1. The summed E-state index contributed by atoms with van der Waals surface area (Å²) in [4.78, 5) is 10.4. The zero-order valence-corrected chi connectivity index (χ0v) is 15.9. The molecule has 6 nitrogen and oxygen atoms in total. The van der Waals surface area contributed by atoms with Crippen molar-refractivity contribution < 1.29 is 13.9 Å². The molecule has 8 heteroatoms. The Bertz CT molecular complexity index is 992. The third-order valence-corrected chi connectivity index (χ3v) is 5.19. The van der Waals surface area contributed by atoms with Crippen LogP contribution in [0.5, 0.6) is 0 Å². The van der Waals surface area contributed by atoms with Crippen LogP contribution in [-0.4, -0.2) is 50.1 Å². The molecule has 2 N–H and O–H groups in total. The molecule has 1 fully saturated rings. The number of aromatic nitrogens is 4. The minimum Gasteiger partial charge on any atom is -0.390 e. The largest absolute Gasteiger partial charge is 0.390 e. The van der Waals surface area contributed by atoms with Gasteiger partial charge in [0.1, 0.15) is 11.5 Å². The molecule has 1 unspecified atom stereocenters. The van der Waals surface area contributed by atoms with Gasteiger partial charge in [0.15, 0.2) is 17.1 Å². The number of fused-ring (bicyclic) bond motifs is 1. The van der Waals surface area contributed by atoms with E-state index in [1.165, 1.54) is 6.07 Å². The van der Waals surface area contributed by atoms with E-state index >= 15 is 4.39 Å². The van der Waals surface area contributed by atoms with Crippen molar-refractivity contribution in [3.05, 3.63) is 36.3 Å². The molecular formula is C20H23F2N5O.